The first-order valence-electron chi connectivity index (χ1n) is 9.17. The average molecular weight is 367 g/mol. The summed E-state index contributed by atoms with van der Waals surface area (Å²) in [6.45, 7) is 1.85. The second-order valence-corrected chi connectivity index (χ2v) is 6.83. The van der Waals surface area contributed by atoms with Crippen LogP contribution in [0.15, 0.2) is 54.6 Å². The zero-order valence-electron chi connectivity index (χ0n) is 15.5. The maximum Gasteiger partial charge on any atom is 0.335 e. The maximum atomic E-state index is 12.4. The van der Waals surface area contributed by atoms with Crippen LogP contribution in [0.25, 0.3) is 0 Å². The number of rotatable bonds is 5. The second kappa shape index (κ2) is 8.58. The van der Waals surface area contributed by atoms with Crippen LogP contribution >= 0.6 is 0 Å². The molecule has 6 heteroatoms. The van der Waals surface area contributed by atoms with Crippen LogP contribution in [0.2, 0.25) is 0 Å². The Morgan fingerprint density at radius 1 is 1.07 bits per heavy atom. The molecule has 1 aliphatic heterocycles. The molecule has 27 heavy (non-hydrogen) atoms. The number of carbonyl (C=O) groups is 2. The molecule has 1 heterocycles. The van der Waals surface area contributed by atoms with E-state index in [9.17, 15) is 9.59 Å². The normalized spacial score (nSPS) is 14.6. The van der Waals surface area contributed by atoms with Crippen molar-refractivity contribution in [2.45, 2.75) is 25.4 Å². The van der Waals surface area contributed by atoms with E-state index in [1.807, 2.05) is 23.1 Å². The summed E-state index contributed by atoms with van der Waals surface area (Å²) in [6.07, 6.45) is 1.87. The third-order valence-electron chi connectivity index (χ3n) is 5.11. The van der Waals surface area contributed by atoms with Gasteiger partial charge in [0.15, 0.2) is 0 Å². The van der Waals surface area contributed by atoms with Gasteiger partial charge in [0.05, 0.1) is 5.56 Å². The van der Waals surface area contributed by atoms with Crippen molar-refractivity contribution in [3.8, 4) is 0 Å². The van der Waals surface area contributed by atoms with Gasteiger partial charge in [-0.1, -0.05) is 30.3 Å². The Bertz CT molecular complexity index is 769. The summed E-state index contributed by atoms with van der Waals surface area (Å²) in [7, 11) is 2.11. The van der Waals surface area contributed by atoms with Crippen molar-refractivity contribution in [2.24, 2.45) is 0 Å². The molecule has 1 aliphatic rings. The highest BCUT2D eigenvalue weighted by atomic mass is 16.4. The van der Waals surface area contributed by atoms with Crippen LogP contribution in [-0.2, 0) is 6.54 Å². The Hall–Kier alpha value is -3.02. The van der Waals surface area contributed by atoms with Gasteiger partial charge in [-0.15, -0.1) is 0 Å². The standard InChI is InChI=1S/C21H25N3O3/c1-23(18-5-3-2-4-6-18)19-11-13-24(14-12-19)21(27)22-15-16-7-9-17(10-8-16)20(25)26/h2-10,19H,11-15H2,1H3,(H,22,27)(H,25,26). The fraction of sp³-hybridized carbons (Fsp3) is 0.333. The van der Waals surface area contributed by atoms with Crippen molar-refractivity contribution in [1.29, 1.82) is 0 Å². The number of nitrogens with zero attached hydrogens (tertiary/aromatic N) is 2. The van der Waals surface area contributed by atoms with Crippen molar-refractivity contribution in [2.75, 3.05) is 25.0 Å². The SMILES string of the molecule is CN(c1ccccc1)C1CCN(C(=O)NCc2ccc(C(=O)O)cc2)CC1. The van der Waals surface area contributed by atoms with Gasteiger partial charge >= 0.3 is 12.0 Å². The first-order valence-corrected chi connectivity index (χ1v) is 9.17. The molecule has 0 aromatic heterocycles. The van der Waals surface area contributed by atoms with Crippen LogP contribution in [0.1, 0.15) is 28.8 Å². The van der Waals surface area contributed by atoms with E-state index < -0.39 is 5.97 Å². The lowest BCUT2D eigenvalue weighted by Gasteiger charge is -2.37. The van der Waals surface area contributed by atoms with Gasteiger partial charge in [0, 0.05) is 38.4 Å². The van der Waals surface area contributed by atoms with Crippen LogP contribution in [0.4, 0.5) is 10.5 Å². The predicted molar refractivity (Wildman–Crippen MR) is 105 cm³/mol. The molecule has 0 unspecified atom stereocenters. The van der Waals surface area contributed by atoms with E-state index in [1.165, 1.54) is 5.69 Å². The number of nitrogens with one attached hydrogen (secondary N) is 1. The minimum absolute atomic E-state index is 0.0712. The van der Waals surface area contributed by atoms with E-state index in [-0.39, 0.29) is 11.6 Å². The minimum Gasteiger partial charge on any atom is -0.478 e. The van der Waals surface area contributed by atoms with E-state index in [0.29, 0.717) is 12.6 Å². The first-order chi connectivity index (χ1) is 13.0. The summed E-state index contributed by atoms with van der Waals surface area (Å²) >= 11 is 0. The summed E-state index contributed by atoms with van der Waals surface area (Å²) in [5, 5.41) is 11.8. The van der Waals surface area contributed by atoms with Crippen molar-refractivity contribution in [3.63, 3.8) is 0 Å². The number of amides is 2. The Morgan fingerprint density at radius 3 is 2.30 bits per heavy atom. The molecule has 0 atom stereocenters. The molecule has 0 spiro atoms. The van der Waals surface area contributed by atoms with Gasteiger partial charge in [-0.2, -0.15) is 0 Å². The zero-order valence-corrected chi connectivity index (χ0v) is 15.5. The van der Waals surface area contributed by atoms with Gasteiger partial charge in [0.2, 0.25) is 0 Å². The molecule has 1 fully saturated rings. The largest absolute Gasteiger partial charge is 0.478 e. The lowest BCUT2D eigenvalue weighted by molar-refractivity contribution is 0.0697. The van der Waals surface area contributed by atoms with E-state index in [2.05, 4.69) is 29.4 Å². The molecule has 1 saturated heterocycles. The van der Waals surface area contributed by atoms with Crippen molar-refractivity contribution < 1.29 is 14.7 Å². The van der Waals surface area contributed by atoms with Crippen LogP contribution in [0.3, 0.4) is 0 Å². The lowest BCUT2D eigenvalue weighted by atomic mass is 10.0. The summed E-state index contributed by atoms with van der Waals surface area (Å²) in [5.74, 6) is -0.950. The highest BCUT2D eigenvalue weighted by Gasteiger charge is 2.25. The van der Waals surface area contributed by atoms with E-state index in [0.717, 1.165) is 31.5 Å². The fourth-order valence-corrected chi connectivity index (χ4v) is 3.38. The number of carboxylic acid groups (broad SMARTS) is 1. The van der Waals surface area contributed by atoms with Gasteiger partial charge in [-0.3, -0.25) is 0 Å². The highest BCUT2D eigenvalue weighted by Crippen LogP contribution is 2.21. The van der Waals surface area contributed by atoms with Crippen molar-refractivity contribution >= 4 is 17.7 Å². The predicted octanol–water partition coefficient (Wildman–Crippen LogP) is 3.20. The van der Waals surface area contributed by atoms with Crippen LogP contribution in [0, 0.1) is 0 Å². The Morgan fingerprint density at radius 2 is 1.70 bits per heavy atom. The molecule has 0 radical (unpaired) electrons. The summed E-state index contributed by atoms with van der Waals surface area (Å²) in [4.78, 5) is 27.4. The van der Waals surface area contributed by atoms with Gasteiger partial charge < -0.3 is 20.2 Å². The molecular weight excluding hydrogens is 342 g/mol. The second-order valence-electron chi connectivity index (χ2n) is 6.83. The molecular formula is C21H25N3O3. The molecule has 3 rings (SSSR count). The highest BCUT2D eigenvalue weighted by molar-refractivity contribution is 5.87. The molecule has 2 aromatic rings. The molecule has 0 saturated carbocycles. The third kappa shape index (κ3) is 4.78. The first kappa shape index (κ1) is 18.8. The summed E-state index contributed by atoms with van der Waals surface area (Å²) in [6, 6.07) is 17.2. The summed E-state index contributed by atoms with van der Waals surface area (Å²) < 4.78 is 0. The number of hydrogen-bond acceptors (Lipinski definition) is 3. The quantitative estimate of drug-likeness (QED) is 0.851. The Labute approximate surface area is 159 Å². The van der Waals surface area contributed by atoms with Gasteiger partial charge in [0.1, 0.15) is 0 Å². The van der Waals surface area contributed by atoms with Crippen LogP contribution in [0.5, 0.6) is 0 Å². The smallest absolute Gasteiger partial charge is 0.335 e. The number of benzene rings is 2. The Kier molecular flexibility index (Phi) is 5.96. The number of para-hydroxylation sites is 1. The lowest BCUT2D eigenvalue weighted by Crippen LogP contribution is -2.48. The molecule has 2 N–H and O–H groups in total. The van der Waals surface area contributed by atoms with Gasteiger partial charge in [0.25, 0.3) is 0 Å². The molecule has 6 nitrogen and oxygen atoms in total. The van der Waals surface area contributed by atoms with Gasteiger partial charge in [-0.25, -0.2) is 9.59 Å². The van der Waals surface area contributed by atoms with Gasteiger partial charge in [-0.05, 0) is 42.7 Å². The van der Waals surface area contributed by atoms with E-state index in [1.54, 1.807) is 24.3 Å². The number of anilines is 1. The zero-order chi connectivity index (χ0) is 19.2. The number of urea groups is 1. The number of hydrogen-bond donors (Lipinski definition) is 2. The number of piperidine rings is 1. The molecule has 2 aromatic carbocycles. The average Bonchev–Trinajstić information content (AvgIpc) is 2.72. The molecule has 0 aliphatic carbocycles. The molecule has 142 valence electrons. The van der Waals surface area contributed by atoms with E-state index >= 15 is 0 Å². The molecule has 0 bridgehead atoms. The molecule has 2 amide bonds. The number of likely N-dealkylation sites (tertiary alicyclic amines) is 1. The number of aromatic carboxylic acids is 1. The Balaban J connectivity index is 1.46. The van der Waals surface area contributed by atoms with Crippen molar-refractivity contribution in [3.05, 3.63) is 65.7 Å². The number of carboxylic acids is 1. The monoisotopic (exact) mass is 367 g/mol. The third-order valence-corrected chi connectivity index (χ3v) is 5.11. The maximum absolute atomic E-state index is 12.4. The topological polar surface area (TPSA) is 72.9 Å². The van der Waals surface area contributed by atoms with E-state index in [4.69, 9.17) is 5.11 Å². The van der Waals surface area contributed by atoms with Crippen LogP contribution < -0.4 is 10.2 Å². The number of carbonyl (C=O) groups excluding carboxylic acids is 1. The fourth-order valence-electron chi connectivity index (χ4n) is 3.38. The van der Waals surface area contributed by atoms with Crippen molar-refractivity contribution in [1.82, 2.24) is 10.2 Å². The van der Waals surface area contributed by atoms with Crippen LogP contribution in [-0.4, -0.2) is 48.2 Å². The summed E-state index contributed by atoms with van der Waals surface area (Å²) in [5.41, 5.74) is 2.33. The minimum atomic E-state index is -0.950.